The third-order valence-corrected chi connectivity index (χ3v) is 5.22. The molecule has 35 heavy (non-hydrogen) atoms. The molecule has 11 heteroatoms. The van der Waals surface area contributed by atoms with Crippen molar-refractivity contribution in [3.8, 4) is 34.0 Å². The van der Waals surface area contributed by atoms with Crippen molar-refractivity contribution in [2.75, 3.05) is 0 Å². The van der Waals surface area contributed by atoms with Gasteiger partial charge in [-0.2, -0.15) is 0 Å². The van der Waals surface area contributed by atoms with Crippen molar-refractivity contribution in [2.24, 2.45) is 5.73 Å². The number of hydrogen-bond acceptors (Lipinski definition) is 6. The normalized spacial score (nSPS) is 11.5. The Balaban J connectivity index is 2.04. The van der Waals surface area contributed by atoms with E-state index in [1.54, 1.807) is 18.2 Å². The molecule has 0 amide bonds. The number of amidine groups is 1. The summed E-state index contributed by atoms with van der Waals surface area (Å²) in [5.41, 5.74) is 5.71. The molecular formula is C24H17FN4O6. The average molecular weight is 476 g/mol. The van der Waals surface area contributed by atoms with Crippen molar-refractivity contribution in [2.45, 2.75) is 0 Å². The van der Waals surface area contributed by atoms with Gasteiger partial charge in [-0.1, -0.05) is 0 Å². The molecule has 176 valence electrons. The van der Waals surface area contributed by atoms with E-state index in [4.69, 9.17) is 16.2 Å². The summed E-state index contributed by atoms with van der Waals surface area (Å²) in [5.74, 6) is -4.80. The number of H-pyrrole nitrogens is 1. The van der Waals surface area contributed by atoms with Crippen LogP contribution in [0.5, 0.6) is 11.5 Å². The van der Waals surface area contributed by atoms with Crippen molar-refractivity contribution < 1.29 is 34.4 Å². The number of fused-ring (bicyclic) bond motifs is 1. The van der Waals surface area contributed by atoms with Crippen molar-refractivity contribution in [3.05, 3.63) is 71.6 Å². The van der Waals surface area contributed by atoms with Gasteiger partial charge >= 0.3 is 11.9 Å². The third-order valence-electron chi connectivity index (χ3n) is 5.22. The first-order chi connectivity index (χ1) is 16.5. The number of nitrogen functional groups attached to an aromatic ring is 1. The van der Waals surface area contributed by atoms with Gasteiger partial charge < -0.3 is 31.1 Å². The summed E-state index contributed by atoms with van der Waals surface area (Å²) in [7, 11) is 0. The van der Waals surface area contributed by atoms with Crippen molar-refractivity contribution in [3.63, 3.8) is 0 Å². The highest BCUT2D eigenvalue weighted by atomic mass is 19.1. The highest BCUT2D eigenvalue weighted by molar-refractivity contribution is 6.20. The fourth-order valence-electron chi connectivity index (χ4n) is 3.60. The molecule has 0 atom stereocenters. The van der Waals surface area contributed by atoms with Crippen molar-refractivity contribution >= 4 is 34.4 Å². The minimum atomic E-state index is -1.56. The van der Waals surface area contributed by atoms with E-state index >= 15 is 0 Å². The molecule has 8 N–H and O–H groups in total. The monoisotopic (exact) mass is 476 g/mol. The van der Waals surface area contributed by atoms with Gasteiger partial charge in [0.1, 0.15) is 29.0 Å². The summed E-state index contributed by atoms with van der Waals surface area (Å²) in [6, 6.07) is 10.1. The number of aliphatic carboxylic acids is 2. The summed E-state index contributed by atoms with van der Waals surface area (Å²) in [5, 5.41) is 47.7. The number of aromatic amines is 1. The van der Waals surface area contributed by atoms with Gasteiger partial charge in [-0.15, -0.1) is 0 Å². The number of nitrogens with zero attached hydrogens (tertiary/aromatic N) is 1. The number of nitrogens with one attached hydrogen (secondary N) is 2. The molecule has 0 aliphatic rings. The Morgan fingerprint density at radius 1 is 0.971 bits per heavy atom. The predicted molar refractivity (Wildman–Crippen MR) is 125 cm³/mol. The summed E-state index contributed by atoms with van der Waals surface area (Å²) in [6.45, 7) is 0. The number of carbonyl (C=O) groups is 2. The number of phenolic OH excluding ortho intramolecular Hbond substituents is 2. The van der Waals surface area contributed by atoms with Crippen LogP contribution < -0.4 is 5.73 Å². The Morgan fingerprint density at radius 2 is 1.69 bits per heavy atom. The van der Waals surface area contributed by atoms with Gasteiger partial charge in [0.25, 0.3) is 0 Å². The van der Waals surface area contributed by atoms with Crippen LogP contribution in [-0.2, 0) is 9.59 Å². The van der Waals surface area contributed by atoms with Gasteiger partial charge in [-0.3, -0.25) is 5.41 Å². The molecule has 4 rings (SSSR count). The summed E-state index contributed by atoms with van der Waals surface area (Å²) in [6.07, 6.45) is 0.478. The van der Waals surface area contributed by atoms with E-state index in [0.717, 1.165) is 24.3 Å². The van der Waals surface area contributed by atoms with Gasteiger partial charge in [0.2, 0.25) is 0 Å². The molecule has 10 nitrogen and oxygen atoms in total. The maximum atomic E-state index is 14.0. The molecule has 0 aliphatic carbocycles. The number of aromatic hydroxyl groups is 2. The molecule has 1 heterocycles. The third kappa shape index (κ3) is 4.37. The molecule has 0 spiro atoms. The molecule has 0 fully saturated rings. The Kier molecular flexibility index (Phi) is 5.67. The van der Waals surface area contributed by atoms with Crippen LogP contribution in [0.15, 0.2) is 54.6 Å². The second-order valence-corrected chi connectivity index (χ2v) is 7.51. The lowest BCUT2D eigenvalue weighted by Crippen LogP contribution is -2.10. The standard InChI is InChI=1S/C24H17FN4O6/c25-12-2-4-19(30)14(8-12)15-5-11(13(24(34)35)9-20(31)32)6-16(21(15)33)23-28-17-3-1-10(22(26)27)7-18(17)29-23/h1-9,30,33H,(H3,26,27)(H,28,29)(H,31,32)(H,34,35)/b13-9+. The van der Waals surface area contributed by atoms with E-state index in [2.05, 4.69) is 9.97 Å². The van der Waals surface area contributed by atoms with Crippen LogP contribution >= 0.6 is 0 Å². The summed E-state index contributed by atoms with van der Waals surface area (Å²) in [4.78, 5) is 30.4. The van der Waals surface area contributed by atoms with Gasteiger partial charge in [-0.25, -0.2) is 19.0 Å². The number of phenols is 2. The molecule has 3 aromatic carbocycles. The van der Waals surface area contributed by atoms with E-state index in [1.165, 1.54) is 6.07 Å². The Morgan fingerprint density at radius 3 is 2.34 bits per heavy atom. The van der Waals surface area contributed by atoms with Crippen LogP contribution in [0.25, 0.3) is 39.1 Å². The van der Waals surface area contributed by atoms with Crippen molar-refractivity contribution in [1.29, 1.82) is 5.41 Å². The van der Waals surface area contributed by atoms with Crippen LogP contribution in [0.4, 0.5) is 4.39 Å². The highest BCUT2D eigenvalue weighted by Gasteiger charge is 2.22. The number of nitrogens with two attached hydrogens (primary N) is 1. The first-order valence-electron chi connectivity index (χ1n) is 9.94. The zero-order chi connectivity index (χ0) is 25.4. The second-order valence-electron chi connectivity index (χ2n) is 7.51. The van der Waals surface area contributed by atoms with Crippen LogP contribution in [0.2, 0.25) is 0 Å². The smallest absolute Gasteiger partial charge is 0.336 e. The molecule has 0 radical (unpaired) electrons. The lowest BCUT2D eigenvalue weighted by Gasteiger charge is -2.14. The maximum Gasteiger partial charge on any atom is 0.336 e. The molecule has 4 aromatic rings. The zero-order valence-corrected chi connectivity index (χ0v) is 17.7. The number of halogens is 1. The Bertz CT molecular complexity index is 1570. The van der Waals surface area contributed by atoms with Crippen LogP contribution in [0.1, 0.15) is 11.1 Å². The molecule has 0 aliphatic heterocycles. The maximum absolute atomic E-state index is 14.0. The zero-order valence-electron chi connectivity index (χ0n) is 17.7. The average Bonchev–Trinajstić information content (AvgIpc) is 3.22. The molecule has 0 unspecified atom stereocenters. The Hall–Kier alpha value is -5.19. The quantitative estimate of drug-likeness (QED) is 0.125. The van der Waals surface area contributed by atoms with Gasteiger partial charge in [-0.05, 0) is 54.1 Å². The SMILES string of the molecule is N=C(N)c1ccc2nc(-c3cc(/C(=C\C(=O)O)C(=O)O)cc(-c4cc(F)ccc4O)c3O)[nH]c2c1. The van der Waals surface area contributed by atoms with E-state index < -0.39 is 34.8 Å². The van der Waals surface area contributed by atoms with Crippen molar-refractivity contribution in [1.82, 2.24) is 9.97 Å². The fourth-order valence-corrected chi connectivity index (χ4v) is 3.60. The van der Waals surface area contributed by atoms with E-state index in [1.807, 2.05) is 0 Å². The van der Waals surface area contributed by atoms with Gasteiger partial charge in [0, 0.05) is 22.8 Å². The fraction of sp³-hybridized carbons (Fsp3) is 0. The topological polar surface area (TPSA) is 194 Å². The minimum Gasteiger partial charge on any atom is -0.507 e. The predicted octanol–water partition coefficient (Wildman–Crippen LogP) is 3.28. The van der Waals surface area contributed by atoms with Crippen LogP contribution in [0, 0.1) is 11.2 Å². The van der Waals surface area contributed by atoms with E-state index in [9.17, 15) is 29.3 Å². The van der Waals surface area contributed by atoms with E-state index in [0.29, 0.717) is 22.7 Å². The number of carboxylic acid groups (broad SMARTS) is 2. The molecule has 0 bridgehead atoms. The molecule has 0 saturated carbocycles. The Labute approximate surface area is 195 Å². The number of hydrogen-bond donors (Lipinski definition) is 7. The minimum absolute atomic E-state index is 0.0423. The lowest BCUT2D eigenvalue weighted by molar-refractivity contribution is -0.133. The number of carboxylic acids is 2. The lowest BCUT2D eigenvalue weighted by atomic mass is 9.93. The molecule has 0 saturated heterocycles. The number of benzene rings is 3. The summed E-state index contributed by atoms with van der Waals surface area (Å²) >= 11 is 0. The number of imidazole rings is 1. The molecule has 1 aromatic heterocycles. The number of rotatable bonds is 6. The highest BCUT2D eigenvalue weighted by Crippen LogP contribution is 2.43. The van der Waals surface area contributed by atoms with Gasteiger partial charge in [0.05, 0.1) is 22.2 Å². The first kappa shape index (κ1) is 23.0. The molecular weight excluding hydrogens is 459 g/mol. The van der Waals surface area contributed by atoms with E-state index in [-0.39, 0.29) is 33.9 Å². The van der Waals surface area contributed by atoms with Crippen LogP contribution in [0.3, 0.4) is 0 Å². The summed E-state index contributed by atoms with van der Waals surface area (Å²) < 4.78 is 14.0. The first-order valence-corrected chi connectivity index (χ1v) is 9.94. The number of aromatic nitrogens is 2. The second kappa shape index (κ2) is 8.63. The van der Waals surface area contributed by atoms with Gasteiger partial charge in [0.15, 0.2) is 0 Å². The van der Waals surface area contributed by atoms with Crippen LogP contribution in [-0.4, -0.2) is 48.2 Å². The largest absolute Gasteiger partial charge is 0.507 e.